The molecular formula is C34H40F3N5O5S. The predicted molar refractivity (Wildman–Crippen MR) is 178 cm³/mol. The molecule has 2 aliphatic heterocycles. The Labute approximate surface area is 278 Å². The summed E-state index contributed by atoms with van der Waals surface area (Å²) in [5.41, 5.74) is 2.68. The molecule has 14 heteroatoms. The van der Waals surface area contributed by atoms with Crippen LogP contribution in [0.1, 0.15) is 48.5 Å². The quantitative estimate of drug-likeness (QED) is 0.246. The van der Waals surface area contributed by atoms with Crippen LogP contribution in [0.25, 0.3) is 11.1 Å². The van der Waals surface area contributed by atoms with Crippen molar-refractivity contribution in [3.8, 4) is 16.9 Å². The number of benzene rings is 3. The molecule has 0 aromatic heterocycles. The highest BCUT2D eigenvalue weighted by atomic mass is 32.2. The molecular weight excluding hydrogens is 647 g/mol. The number of carbonyl (C=O) groups excluding carboxylic acids is 2. The van der Waals surface area contributed by atoms with Crippen LogP contribution in [0.2, 0.25) is 0 Å². The van der Waals surface area contributed by atoms with Gasteiger partial charge in [0.05, 0.1) is 11.8 Å². The van der Waals surface area contributed by atoms with E-state index in [1.807, 2.05) is 19.1 Å². The van der Waals surface area contributed by atoms with Crippen LogP contribution in [-0.2, 0) is 21.4 Å². The average molecular weight is 688 g/mol. The highest BCUT2D eigenvalue weighted by molar-refractivity contribution is 7.89. The zero-order valence-electron chi connectivity index (χ0n) is 26.7. The number of anilines is 2. The smallest absolute Gasteiger partial charge is 0.405 e. The van der Waals surface area contributed by atoms with Crippen LogP contribution >= 0.6 is 0 Å². The van der Waals surface area contributed by atoms with Gasteiger partial charge in [0.25, 0.3) is 5.91 Å². The molecule has 3 aromatic rings. The number of piperazine rings is 1. The normalized spacial score (nSPS) is 17.9. The van der Waals surface area contributed by atoms with Crippen molar-refractivity contribution in [2.75, 3.05) is 49.1 Å². The first-order valence-electron chi connectivity index (χ1n) is 16.0. The number of nitrogens with zero attached hydrogens (tertiary/aromatic N) is 2. The molecule has 3 N–H and O–H groups in total. The summed E-state index contributed by atoms with van der Waals surface area (Å²) < 4.78 is 70.1. The van der Waals surface area contributed by atoms with Crippen molar-refractivity contribution < 1.29 is 35.9 Å². The van der Waals surface area contributed by atoms with Gasteiger partial charge in [-0.15, -0.1) is 13.2 Å². The van der Waals surface area contributed by atoms with E-state index in [0.717, 1.165) is 31.0 Å². The standard InChI is InChI=1S/C34H40F3N5O5S/c1-2-21-48(45,46)42-19-17-41(18-20-42)23-24-6-12-27(13-7-24)39-32(43)26-10-8-25(9-11-26)29-22-28(14-15-31(29)47-34(35,36)37)40-33(44)30-5-3-4-16-38-30/h6-15,22,30,38H,2-5,16-21,23H2,1H3,(H,39,43)(H,40,44). The summed E-state index contributed by atoms with van der Waals surface area (Å²) in [7, 11) is -3.20. The van der Waals surface area contributed by atoms with Gasteiger partial charge in [-0.3, -0.25) is 14.5 Å². The molecule has 2 fully saturated rings. The van der Waals surface area contributed by atoms with E-state index in [9.17, 15) is 31.2 Å². The summed E-state index contributed by atoms with van der Waals surface area (Å²) in [6.07, 6.45) is -1.77. The predicted octanol–water partition coefficient (Wildman–Crippen LogP) is 5.44. The maximum absolute atomic E-state index is 13.2. The van der Waals surface area contributed by atoms with Crippen LogP contribution in [0, 0.1) is 0 Å². The van der Waals surface area contributed by atoms with Crippen molar-refractivity contribution in [2.24, 2.45) is 0 Å². The van der Waals surface area contributed by atoms with Gasteiger partial charge in [0.15, 0.2) is 0 Å². The number of carbonyl (C=O) groups is 2. The van der Waals surface area contributed by atoms with Gasteiger partial charge >= 0.3 is 6.36 Å². The maximum atomic E-state index is 13.2. The number of halogens is 3. The number of alkyl halides is 3. The number of piperidine rings is 1. The Bertz CT molecular complexity index is 1670. The maximum Gasteiger partial charge on any atom is 0.573 e. The first kappa shape index (κ1) is 35.3. The van der Waals surface area contributed by atoms with E-state index in [2.05, 4.69) is 25.6 Å². The first-order valence-corrected chi connectivity index (χ1v) is 17.7. The van der Waals surface area contributed by atoms with E-state index in [0.29, 0.717) is 68.1 Å². The third-order valence-electron chi connectivity index (χ3n) is 8.36. The Hall–Kier alpha value is -3.98. The Morgan fingerprint density at radius 1 is 0.917 bits per heavy atom. The zero-order valence-corrected chi connectivity index (χ0v) is 27.5. The molecule has 0 spiro atoms. The average Bonchev–Trinajstić information content (AvgIpc) is 3.06. The number of amides is 2. The number of ether oxygens (including phenoxy) is 1. The van der Waals surface area contributed by atoms with Gasteiger partial charge in [-0.2, -0.15) is 4.31 Å². The summed E-state index contributed by atoms with van der Waals surface area (Å²) in [6.45, 7) is 5.43. The van der Waals surface area contributed by atoms with E-state index in [-0.39, 0.29) is 23.3 Å². The van der Waals surface area contributed by atoms with Crippen molar-refractivity contribution >= 4 is 33.2 Å². The molecule has 10 nitrogen and oxygen atoms in total. The highest BCUT2D eigenvalue weighted by Gasteiger charge is 2.32. The summed E-state index contributed by atoms with van der Waals surface area (Å²) in [5, 5.41) is 8.76. The molecule has 0 aliphatic carbocycles. The van der Waals surface area contributed by atoms with Gasteiger partial charge < -0.3 is 20.7 Å². The largest absolute Gasteiger partial charge is 0.573 e. The third-order valence-corrected chi connectivity index (χ3v) is 10.4. The van der Waals surface area contributed by atoms with Gasteiger partial charge in [0.2, 0.25) is 15.9 Å². The lowest BCUT2D eigenvalue weighted by molar-refractivity contribution is -0.274. The van der Waals surface area contributed by atoms with Gasteiger partial charge in [0, 0.05) is 55.2 Å². The fourth-order valence-electron chi connectivity index (χ4n) is 5.86. The number of rotatable bonds is 11. The molecule has 2 heterocycles. The van der Waals surface area contributed by atoms with E-state index in [4.69, 9.17) is 0 Å². The van der Waals surface area contributed by atoms with E-state index >= 15 is 0 Å². The summed E-state index contributed by atoms with van der Waals surface area (Å²) in [5.74, 6) is -0.929. The lowest BCUT2D eigenvalue weighted by Gasteiger charge is -2.34. The molecule has 1 atom stereocenters. The monoisotopic (exact) mass is 687 g/mol. The minimum atomic E-state index is -4.92. The van der Waals surface area contributed by atoms with Crippen LogP contribution in [0.4, 0.5) is 24.5 Å². The Kier molecular flexibility index (Phi) is 11.4. The van der Waals surface area contributed by atoms with Crippen LogP contribution < -0.4 is 20.7 Å². The Balaban J connectivity index is 1.21. The lowest BCUT2D eigenvalue weighted by atomic mass is 10.0. The molecule has 0 bridgehead atoms. The van der Waals surface area contributed by atoms with E-state index in [1.165, 1.54) is 36.4 Å². The van der Waals surface area contributed by atoms with Crippen molar-refractivity contribution in [3.05, 3.63) is 77.9 Å². The minimum Gasteiger partial charge on any atom is -0.405 e. The molecule has 1 unspecified atom stereocenters. The highest BCUT2D eigenvalue weighted by Crippen LogP contribution is 2.36. The number of sulfonamides is 1. The molecule has 2 amide bonds. The van der Waals surface area contributed by atoms with E-state index in [1.54, 1.807) is 16.4 Å². The van der Waals surface area contributed by atoms with Gasteiger partial charge in [-0.1, -0.05) is 37.6 Å². The fraction of sp³-hybridized carbons (Fsp3) is 0.412. The second-order valence-electron chi connectivity index (χ2n) is 12.0. The van der Waals surface area contributed by atoms with Crippen molar-refractivity contribution in [1.82, 2.24) is 14.5 Å². The lowest BCUT2D eigenvalue weighted by Crippen LogP contribution is -2.48. The second kappa shape index (κ2) is 15.5. The SMILES string of the molecule is CCCS(=O)(=O)N1CCN(Cc2ccc(NC(=O)c3ccc(-c4cc(NC(=O)C5CCCCN5)ccc4OC(F)(F)F)cc3)cc2)CC1. The summed E-state index contributed by atoms with van der Waals surface area (Å²) in [4.78, 5) is 27.9. The molecule has 5 rings (SSSR count). The minimum absolute atomic E-state index is 0.105. The Morgan fingerprint density at radius 2 is 1.60 bits per heavy atom. The molecule has 48 heavy (non-hydrogen) atoms. The number of hydrogen-bond acceptors (Lipinski definition) is 7. The van der Waals surface area contributed by atoms with E-state index < -0.39 is 28.0 Å². The van der Waals surface area contributed by atoms with Crippen LogP contribution in [0.3, 0.4) is 0 Å². The van der Waals surface area contributed by atoms with Crippen molar-refractivity contribution in [3.63, 3.8) is 0 Å². The second-order valence-corrected chi connectivity index (χ2v) is 14.1. The number of nitrogens with one attached hydrogen (secondary N) is 3. The van der Waals surface area contributed by atoms with Crippen molar-refractivity contribution in [2.45, 2.75) is 51.6 Å². The summed E-state index contributed by atoms with van der Waals surface area (Å²) >= 11 is 0. The zero-order chi connectivity index (χ0) is 34.3. The molecule has 2 saturated heterocycles. The molecule has 0 radical (unpaired) electrons. The fourth-order valence-corrected chi connectivity index (χ4v) is 7.35. The molecule has 3 aromatic carbocycles. The van der Waals surface area contributed by atoms with Gasteiger partial charge in [-0.25, -0.2) is 8.42 Å². The van der Waals surface area contributed by atoms with Crippen LogP contribution in [-0.4, -0.2) is 80.3 Å². The van der Waals surface area contributed by atoms with Crippen LogP contribution in [0.5, 0.6) is 5.75 Å². The topological polar surface area (TPSA) is 120 Å². The number of hydrogen-bond donors (Lipinski definition) is 3. The Morgan fingerprint density at radius 3 is 2.23 bits per heavy atom. The summed E-state index contributed by atoms with van der Waals surface area (Å²) in [6, 6.07) is 17.0. The van der Waals surface area contributed by atoms with Gasteiger partial charge in [0.1, 0.15) is 5.75 Å². The third kappa shape index (κ3) is 9.56. The molecule has 258 valence electrons. The molecule has 2 aliphatic rings. The molecule has 0 saturated carbocycles. The first-order chi connectivity index (χ1) is 22.9. The van der Waals surface area contributed by atoms with Gasteiger partial charge in [-0.05, 0) is 79.4 Å². The van der Waals surface area contributed by atoms with Crippen LogP contribution in [0.15, 0.2) is 66.7 Å². The van der Waals surface area contributed by atoms with Crippen molar-refractivity contribution in [1.29, 1.82) is 0 Å².